The van der Waals surface area contributed by atoms with Gasteiger partial charge in [-0.05, 0) is 32.6 Å². The predicted octanol–water partition coefficient (Wildman–Crippen LogP) is 2.42. The van der Waals surface area contributed by atoms with Crippen LogP contribution in [0.15, 0.2) is 0 Å². The van der Waals surface area contributed by atoms with Crippen molar-refractivity contribution in [2.45, 2.75) is 53.2 Å². The second-order valence-corrected chi connectivity index (χ2v) is 4.92. The zero-order chi connectivity index (χ0) is 10.6. The van der Waals surface area contributed by atoms with E-state index < -0.39 is 0 Å². The molecule has 2 atom stereocenters. The number of nitrogens with two attached hydrogens (primary N) is 1. The minimum Gasteiger partial charge on any atom is -0.374 e. The Labute approximate surface area is 82.8 Å². The molecule has 2 heteroatoms. The van der Waals surface area contributed by atoms with Crippen molar-refractivity contribution < 1.29 is 4.74 Å². The van der Waals surface area contributed by atoms with E-state index in [0.717, 1.165) is 6.61 Å². The maximum Gasteiger partial charge on any atom is 0.0774 e. The maximum absolute atomic E-state index is 5.81. The molecule has 13 heavy (non-hydrogen) atoms. The van der Waals surface area contributed by atoms with Crippen LogP contribution in [0.1, 0.15) is 41.5 Å². The molecular weight excluding hydrogens is 162 g/mol. The molecule has 0 fully saturated rings. The summed E-state index contributed by atoms with van der Waals surface area (Å²) < 4.78 is 5.79. The summed E-state index contributed by atoms with van der Waals surface area (Å²) in [5.74, 6) is 1.27. The van der Waals surface area contributed by atoms with Gasteiger partial charge in [-0.15, -0.1) is 0 Å². The highest BCUT2D eigenvalue weighted by atomic mass is 16.5. The van der Waals surface area contributed by atoms with Gasteiger partial charge in [0, 0.05) is 6.04 Å². The van der Waals surface area contributed by atoms with Crippen LogP contribution in [0.4, 0.5) is 0 Å². The number of hydrogen-bond acceptors (Lipinski definition) is 2. The van der Waals surface area contributed by atoms with Gasteiger partial charge >= 0.3 is 0 Å². The standard InChI is InChI=1S/C11H25NO/c1-8(2)9(3)7-13-11(5,6)10(4)12/h8-10H,7,12H2,1-6H3. The van der Waals surface area contributed by atoms with E-state index in [1.807, 2.05) is 20.8 Å². The van der Waals surface area contributed by atoms with E-state index in [1.165, 1.54) is 0 Å². The van der Waals surface area contributed by atoms with Crippen molar-refractivity contribution in [3.8, 4) is 0 Å². The van der Waals surface area contributed by atoms with Crippen molar-refractivity contribution in [3.63, 3.8) is 0 Å². The molecule has 2 N–H and O–H groups in total. The van der Waals surface area contributed by atoms with Gasteiger partial charge in [0.15, 0.2) is 0 Å². The van der Waals surface area contributed by atoms with Gasteiger partial charge in [-0.3, -0.25) is 0 Å². The molecule has 2 nitrogen and oxygen atoms in total. The predicted molar refractivity (Wildman–Crippen MR) is 57.7 cm³/mol. The molecule has 0 aliphatic heterocycles. The highest BCUT2D eigenvalue weighted by molar-refractivity contribution is 4.79. The van der Waals surface area contributed by atoms with Crippen molar-refractivity contribution in [2.75, 3.05) is 6.61 Å². The van der Waals surface area contributed by atoms with Crippen LogP contribution in [0, 0.1) is 11.8 Å². The van der Waals surface area contributed by atoms with Crippen LogP contribution in [0.2, 0.25) is 0 Å². The molecule has 0 heterocycles. The second kappa shape index (κ2) is 4.97. The average molecular weight is 187 g/mol. The lowest BCUT2D eigenvalue weighted by molar-refractivity contribution is -0.0515. The van der Waals surface area contributed by atoms with Crippen molar-refractivity contribution in [3.05, 3.63) is 0 Å². The summed E-state index contributed by atoms with van der Waals surface area (Å²) in [4.78, 5) is 0. The minimum absolute atomic E-state index is 0.0758. The lowest BCUT2D eigenvalue weighted by Gasteiger charge is -2.31. The Bertz CT molecular complexity index is 141. The normalized spacial score (nSPS) is 17.5. The molecule has 0 amide bonds. The molecule has 0 aromatic carbocycles. The molecule has 0 saturated heterocycles. The van der Waals surface area contributed by atoms with Gasteiger partial charge in [0.2, 0.25) is 0 Å². The first-order valence-electron chi connectivity index (χ1n) is 5.17. The van der Waals surface area contributed by atoms with Crippen molar-refractivity contribution in [1.29, 1.82) is 0 Å². The first-order valence-corrected chi connectivity index (χ1v) is 5.17. The molecular formula is C11H25NO. The second-order valence-electron chi connectivity index (χ2n) is 4.92. The summed E-state index contributed by atoms with van der Waals surface area (Å²) >= 11 is 0. The first-order chi connectivity index (χ1) is 5.77. The Hall–Kier alpha value is -0.0800. The van der Waals surface area contributed by atoms with Crippen LogP contribution in [-0.2, 0) is 4.74 Å². The van der Waals surface area contributed by atoms with Gasteiger partial charge in [-0.1, -0.05) is 20.8 Å². The van der Waals surface area contributed by atoms with Crippen molar-refractivity contribution >= 4 is 0 Å². The lowest BCUT2D eigenvalue weighted by atomic mass is 9.97. The fraction of sp³-hybridized carbons (Fsp3) is 1.00. The molecule has 0 aromatic rings. The number of hydrogen-bond donors (Lipinski definition) is 1. The minimum atomic E-state index is -0.205. The smallest absolute Gasteiger partial charge is 0.0774 e. The Morgan fingerprint density at radius 2 is 1.62 bits per heavy atom. The quantitative estimate of drug-likeness (QED) is 0.717. The van der Waals surface area contributed by atoms with E-state index in [-0.39, 0.29) is 11.6 Å². The van der Waals surface area contributed by atoms with Gasteiger partial charge in [0.1, 0.15) is 0 Å². The van der Waals surface area contributed by atoms with Gasteiger partial charge in [-0.25, -0.2) is 0 Å². The number of ether oxygens (including phenoxy) is 1. The Kier molecular flexibility index (Phi) is 4.93. The summed E-state index contributed by atoms with van der Waals surface area (Å²) in [6.45, 7) is 13.5. The van der Waals surface area contributed by atoms with Crippen LogP contribution >= 0.6 is 0 Å². The zero-order valence-corrected chi connectivity index (χ0v) is 9.92. The van der Waals surface area contributed by atoms with Crippen molar-refractivity contribution in [1.82, 2.24) is 0 Å². The Morgan fingerprint density at radius 3 is 1.92 bits per heavy atom. The van der Waals surface area contributed by atoms with Gasteiger partial charge < -0.3 is 10.5 Å². The molecule has 80 valence electrons. The number of rotatable bonds is 5. The summed E-state index contributed by atoms with van der Waals surface area (Å²) in [7, 11) is 0. The molecule has 0 bridgehead atoms. The van der Waals surface area contributed by atoms with Crippen LogP contribution in [0.5, 0.6) is 0 Å². The average Bonchev–Trinajstić information content (AvgIpc) is 1.99. The van der Waals surface area contributed by atoms with E-state index in [2.05, 4.69) is 20.8 Å². The van der Waals surface area contributed by atoms with Gasteiger partial charge in [0.05, 0.1) is 12.2 Å². The molecule has 0 rings (SSSR count). The third-order valence-corrected chi connectivity index (χ3v) is 2.95. The van der Waals surface area contributed by atoms with Crippen LogP contribution in [-0.4, -0.2) is 18.2 Å². The zero-order valence-electron chi connectivity index (χ0n) is 9.92. The van der Waals surface area contributed by atoms with Crippen LogP contribution < -0.4 is 5.73 Å². The van der Waals surface area contributed by atoms with Gasteiger partial charge in [0.25, 0.3) is 0 Å². The lowest BCUT2D eigenvalue weighted by Crippen LogP contribution is -2.44. The van der Waals surface area contributed by atoms with Gasteiger partial charge in [-0.2, -0.15) is 0 Å². The summed E-state index contributed by atoms with van der Waals surface area (Å²) in [6, 6.07) is 0.0758. The molecule has 2 unspecified atom stereocenters. The molecule has 0 aromatic heterocycles. The van der Waals surface area contributed by atoms with E-state index in [0.29, 0.717) is 11.8 Å². The van der Waals surface area contributed by atoms with Crippen molar-refractivity contribution in [2.24, 2.45) is 17.6 Å². The SMILES string of the molecule is CC(C)C(C)COC(C)(C)C(C)N. The molecule has 0 aliphatic carbocycles. The fourth-order valence-electron chi connectivity index (χ4n) is 0.670. The van der Waals surface area contributed by atoms with E-state index >= 15 is 0 Å². The van der Waals surface area contributed by atoms with E-state index in [1.54, 1.807) is 0 Å². The Morgan fingerprint density at radius 1 is 1.15 bits per heavy atom. The summed E-state index contributed by atoms with van der Waals surface area (Å²) in [5, 5.41) is 0. The van der Waals surface area contributed by atoms with Crippen LogP contribution in [0.3, 0.4) is 0 Å². The maximum atomic E-state index is 5.81. The highest BCUT2D eigenvalue weighted by Crippen LogP contribution is 2.17. The van der Waals surface area contributed by atoms with E-state index in [9.17, 15) is 0 Å². The monoisotopic (exact) mass is 187 g/mol. The van der Waals surface area contributed by atoms with Crippen LogP contribution in [0.25, 0.3) is 0 Å². The Balaban J connectivity index is 3.88. The largest absolute Gasteiger partial charge is 0.374 e. The molecule has 0 radical (unpaired) electrons. The summed E-state index contributed by atoms with van der Waals surface area (Å²) in [6.07, 6.45) is 0. The topological polar surface area (TPSA) is 35.2 Å². The third-order valence-electron chi connectivity index (χ3n) is 2.95. The fourth-order valence-corrected chi connectivity index (χ4v) is 0.670. The molecule has 0 spiro atoms. The highest BCUT2D eigenvalue weighted by Gasteiger charge is 2.24. The third kappa shape index (κ3) is 4.63. The molecule has 0 saturated carbocycles. The van der Waals surface area contributed by atoms with E-state index in [4.69, 9.17) is 10.5 Å². The molecule has 0 aliphatic rings. The summed E-state index contributed by atoms with van der Waals surface area (Å²) in [5.41, 5.74) is 5.60. The first kappa shape index (κ1) is 12.9.